The van der Waals surface area contributed by atoms with Gasteiger partial charge in [0.25, 0.3) is 5.91 Å². The molecule has 0 radical (unpaired) electrons. The van der Waals surface area contributed by atoms with Crippen molar-refractivity contribution < 1.29 is 4.79 Å². The van der Waals surface area contributed by atoms with Crippen LogP contribution in [0.5, 0.6) is 0 Å². The maximum absolute atomic E-state index is 11.9. The third-order valence-electron chi connectivity index (χ3n) is 2.53. The van der Waals surface area contributed by atoms with Crippen LogP contribution in [0.4, 0.5) is 5.69 Å². The third kappa shape index (κ3) is 2.77. The topological polar surface area (TPSA) is 34.0 Å². The first kappa shape index (κ1) is 11.9. The monoisotopic (exact) mass is 292 g/mol. The largest absolute Gasteiger partial charge is 0.356 e. The van der Waals surface area contributed by atoms with Gasteiger partial charge in [-0.15, -0.1) is 0 Å². The molecule has 0 spiro atoms. The van der Waals surface area contributed by atoms with E-state index in [1.165, 1.54) is 0 Å². The zero-order chi connectivity index (χ0) is 12.4. The van der Waals surface area contributed by atoms with E-state index in [-0.39, 0.29) is 5.91 Å². The molecule has 0 unspecified atom stereocenters. The Labute approximate surface area is 109 Å². The highest BCUT2D eigenvalue weighted by Gasteiger charge is 2.08. The Morgan fingerprint density at radius 2 is 2.12 bits per heavy atom. The number of halogens is 1. The minimum atomic E-state index is -0.0870. The number of hydrogen-bond acceptors (Lipinski definition) is 1. The first-order valence-electron chi connectivity index (χ1n) is 5.26. The average Bonchev–Trinajstić information content (AvgIpc) is 2.69. The van der Waals surface area contributed by atoms with E-state index < -0.39 is 0 Å². The molecule has 0 fully saturated rings. The Balaban J connectivity index is 2.18. The van der Waals surface area contributed by atoms with Gasteiger partial charge in [-0.25, -0.2) is 0 Å². The molecular weight excluding hydrogens is 280 g/mol. The molecule has 0 aliphatic heterocycles. The number of hydrogen-bond donors (Lipinski definition) is 1. The number of carbonyl (C=O) groups excluding carboxylic acids is 1. The molecule has 4 heteroatoms. The summed E-state index contributed by atoms with van der Waals surface area (Å²) in [4.78, 5) is 11.9. The molecule has 1 heterocycles. The van der Waals surface area contributed by atoms with E-state index in [9.17, 15) is 4.79 Å². The number of aromatic nitrogens is 1. The summed E-state index contributed by atoms with van der Waals surface area (Å²) in [6.07, 6.45) is 3.65. The van der Waals surface area contributed by atoms with Crippen molar-refractivity contribution in [3.63, 3.8) is 0 Å². The number of benzene rings is 1. The maximum atomic E-state index is 11.9. The number of nitrogens with zero attached hydrogens (tertiary/aromatic N) is 1. The molecule has 2 aromatic rings. The van der Waals surface area contributed by atoms with Crippen LogP contribution in [0.3, 0.4) is 0 Å². The van der Waals surface area contributed by atoms with Gasteiger partial charge in [0.15, 0.2) is 0 Å². The maximum Gasteiger partial charge on any atom is 0.257 e. The first-order chi connectivity index (χ1) is 8.06. The molecule has 2 rings (SSSR count). The second-order valence-corrected chi connectivity index (χ2v) is 4.89. The number of rotatable bonds is 2. The molecule has 0 aliphatic rings. The lowest BCUT2D eigenvalue weighted by molar-refractivity contribution is 0.102. The van der Waals surface area contributed by atoms with Crippen LogP contribution < -0.4 is 5.32 Å². The lowest BCUT2D eigenvalue weighted by atomic mass is 10.2. The summed E-state index contributed by atoms with van der Waals surface area (Å²) in [5.41, 5.74) is 2.53. The third-order valence-corrected chi connectivity index (χ3v) is 3.02. The van der Waals surface area contributed by atoms with Crippen molar-refractivity contribution in [2.75, 3.05) is 5.32 Å². The fourth-order valence-corrected chi connectivity index (χ4v) is 2.07. The zero-order valence-corrected chi connectivity index (χ0v) is 11.3. The molecule has 3 nitrogen and oxygen atoms in total. The van der Waals surface area contributed by atoms with E-state index in [0.717, 1.165) is 15.7 Å². The molecule has 0 atom stereocenters. The van der Waals surface area contributed by atoms with E-state index in [2.05, 4.69) is 21.2 Å². The molecule has 1 N–H and O–H groups in total. The van der Waals surface area contributed by atoms with Crippen LogP contribution in [-0.4, -0.2) is 10.5 Å². The number of amides is 1. The standard InChI is InChI=1S/C13H13BrN2O/c1-9-7-11(14)3-4-12(9)15-13(17)10-5-6-16(2)8-10/h3-8H,1-2H3,(H,15,17). The Hall–Kier alpha value is -1.55. The molecule has 0 saturated carbocycles. The molecule has 1 amide bonds. The quantitative estimate of drug-likeness (QED) is 0.905. The summed E-state index contributed by atoms with van der Waals surface area (Å²) in [6.45, 7) is 1.96. The Morgan fingerprint density at radius 3 is 2.71 bits per heavy atom. The Bertz CT molecular complexity index is 560. The minimum absolute atomic E-state index is 0.0870. The fourth-order valence-electron chi connectivity index (χ4n) is 1.60. The van der Waals surface area contributed by atoms with Crippen LogP contribution in [-0.2, 0) is 7.05 Å². The van der Waals surface area contributed by atoms with E-state index in [0.29, 0.717) is 5.56 Å². The molecule has 0 saturated heterocycles. The second kappa shape index (κ2) is 4.75. The van der Waals surface area contributed by atoms with Gasteiger partial charge in [0, 0.05) is 29.6 Å². The lowest BCUT2D eigenvalue weighted by Crippen LogP contribution is -2.11. The van der Waals surface area contributed by atoms with Crippen LogP contribution in [0.1, 0.15) is 15.9 Å². The zero-order valence-electron chi connectivity index (χ0n) is 9.70. The Morgan fingerprint density at radius 1 is 1.35 bits per heavy atom. The van der Waals surface area contributed by atoms with Crippen molar-refractivity contribution in [1.82, 2.24) is 4.57 Å². The number of carbonyl (C=O) groups is 1. The van der Waals surface area contributed by atoms with Gasteiger partial charge in [-0.1, -0.05) is 15.9 Å². The van der Waals surface area contributed by atoms with Crippen LogP contribution in [0.2, 0.25) is 0 Å². The summed E-state index contributed by atoms with van der Waals surface area (Å²) in [5, 5.41) is 2.89. The Kier molecular flexibility index (Phi) is 3.33. The van der Waals surface area contributed by atoms with Gasteiger partial charge >= 0.3 is 0 Å². The minimum Gasteiger partial charge on any atom is -0.356 e. The number of nitrogens with one attached hydrogen (secondary N) is 1. The van der Waals surface area contributed by atoms with Gasteiger partial charge in [-0.2, -0.15) is 0 Å². The molecule has 0 aliphatic carbocycles. The first-order valence-corrected chi connectivity index (χ1v) is 6.05. The summed E-state index contributed by atoms with van der Waals surface area (Å²) in [7, 11) is 1.89. The van der Waals surface area contributed by atoms with Crippen LogP contribution in [0.25, 0.3) is 0 Å². The van der Waals surface area contributed by atoms with Gasteiger partial charge in [0.2, 0.25) is 0 Å². The van der Waals surface area contributed by atoms with Crippen molar-refractivity contribution in [3.8, 4) is 0 Å². The summed E-state index contributed by atoms with van der Waals surface area (Å²) in [5.74, 6) is -0.0870. The lowest BCUT2D eigenvalue weighted by Gasteiger charge is -2.07. The number of anilines is 1. The predicted octanol–water partition coefficient (Wildman–Crippen LogP) is 3.35. The summed E-state index contributed by atoms with van der Waals surface area (Å²) >= 11 is 3.39. The van der Waals surface area contributed by atoms with Crippen molar-refractivity contribution in [2.24, 2.45) is 7.05 Å². The highest BCUT2D eigenvalue weighted by atomic mass is 79.9. The highest BCUT2D eigenvalue weighted by Crippen LogP contribution is 2.20. The van der Waals surface area contributed by atoms with Gasteiger partial charge in [-0.3, -0.25) is 4.79 Å². The normalized spacial score (nSPS) is 10.3. The average molecular weight is 293 g/mol. The molecular formula is C13H13BrN2O. The van der Waals surface area contributed by atoms with Crippen LogP contribution >= 0.6 is 15.9 Å². The molecule has 17 heavy (non-hydrogen) atoms. The van der Waals surface area contributed by atoms with Gasteiger partial charge in [0.05, 0.1) is 5.56 Å². The molecule has 1 aromatic carbocycles. The smallest absolute Gasteiger partial charge is 0.257 e. The predicted molar refractivity (Wildman–Crippen MR) is 72.2 cm³/mol. The van der Waals surface area contributed by atoms with Crippen molar-refractivity contribution in [2.45, 2.75) is 6.92 Å². The summed E-state index contributed by atoms with van der Waals surface area (Å²) < 4.78 is 2.86. The summed E-state index contributed by atoms with van der Waals surface area (Å²) in [6, 6.07) is 7.57. The SMILES string of the molecule is Cc1cc(Br)ccc1NC(=O)c1ccn(C)c1. The van der Waals surface area contributed by atoms with Crippen molar-refractivity contribution in [3.05, 3.63) is 52.3 Å². The van der Waals surface area contributed by atoms with Gasteiger partial charge < -0.3 is 9.88 Å². The molecule has 1 aromatic heterocycles. The molecule has 88 valence electrons. The van der Waals surface area contributed by atoms with E-state index in [4.69, 9.17) is 0 Å². The van der Waals surface area contributed by atoms with E-state index >= 15 is 0 Å². The number of aryl methyl sites for hydroxylation is 2. The highest BCUT2D eigenvalue weighted by molar-refractivity contribution is 9.10. The molecule has 0 bridgehead atoms. The van der Waals surface area contributed by atoms with Crippen LogP contribution in [0, 0.1) is 6.92 Å². The van der Waals surface area contributed by atoms with E-state index in [1.54, 1.807) is 12.3 Å². The van der Waals surface area contributed by atoms with Crippen LogP contribution in [0.15, 0.2) is 41.1 Å². The van der Waals surface area contributed by atoms with Crippen molar-refractivity contribution >= 4 is 27.5 Å². The van der Waals surface area contributed by atoms with Gasteiger partial charge in [-0.05, 0) is 36.8 Å². The van der Waals surface area contributed by atoms with Crippen molar-refractivity contribution in [1.29, 1.82) is 0 Å². The van der Waals surface area contributed by atoms with E-state index in [1.807, 2.05) is 42.9 Å². The fraction of sp³-hybridized carbons (Fsp3) is 0.154. The van der Waals surface area contributed by atoms with Gasteiger partial charge in [0.1, 0.15) is 0 Å². The second-order valence-electron chi connectivity index (χ2n) is 3.98.